The number of nitrogens with zero attached hydrogens (tertiary/aromatic N) is 2. The lowest BCUT2D eigenvalue weighted by Gasteiger charge is -2.27. The molecule has 1 aliphatic rings. The summed E-state index contributed by atoms with van der Waals surface area (Å²) in [5.74, 6) is 0.831. The molecule has 150 valence electrons. The van der Waals surface area contributed by atoms with Crippen LogP contribution < -0.4 is 15.5 Å². The predicted molar refractivity (Wildman–Crippen MR) is 99.6 cm³/mol. The third kappa shape index (κ3) is 5.26. The number of anilines is 2. The maximum atomic E-state index is 12.9. The highest BCUT2D eigenvalue weighted by Crippen LogP contribution is 2.36. The van der Waals surface area contributed by atoms with E-state index in [2.05, 4.69) is 20.5 Å². The quantitative estimate of drug-likeness (QED) is 0.796. The van der Waals surface area contributed by atoms with Crippen molar-refractivity contribution in [3.63, 3.8) is 0 Å². The molecule has 1 aliphatic heterocycles. The number of nitrogens with one attached hydrogen (secondary N) is 2. The summed E-state index contributed by atoms with van der Waals surface area (Å²) in [5.41, 5.74) is -0.246. The maximum Gasteiger partial charge on any atom is 0.417 e. The number of carbonyl (C=O) groups excluding carboxylic acids is 1. The summed E-state index contributed by atoms with van der Waals surface area (Å²) in [6, 6.07) is 6.25. The van der Waals surface area contributed by atoms with Crippen LogP contribution in [0.25, 0.3) is 0 Å². The molecule has 0 radical (unpaired) electrons. The molecule has 3 rings (SSSR count). The van der Waals surface area contributed by atoms with Crippen LogP contribution in [-0.4, -0.2) is 37.3 Å². The molecule has 2 aromatic rings. The summed E-state index contributed by atoms with van der Waals surface area (Å²) >= 11 is 5.56. The number of hydrogen-bond donors (Lipinski definition) is 2. The number of amides is 2. The summed E-state index contributed by atoms with van der Waals surface area (Å²) < 4.78 is 43.9. The summed E-state index contributed by atoms with van der Waals surface area (Å²) in [6.07, 6.45) is -2.95. The first kappa shape index (κ1) is 20.2. The van der Waals surface area contributed by atoms with Gasteiger partial charge in [0.25, 0.3) is 0 Å². The average Bonchev–Trinajstić information content (AvgIpc) is 2.68. The van der Waals surface area contributed by atoms with Crippen molar-refractivity contribution in [2.45, 2.75) is 12.7 Å². The molecule has 10 heteroatoms. The van der Waals surface area contributed by atoms with Crippen molar-refractivity contribution < 1.29 is 22.7 Å². The van der Waals surface area contributed by atoms with Gasteiger partial charge in [-0.25, -0.2) is 9.78 Å². The van der Waals surface area contributed by atoms with Crippen LogP contribution in [0.1, 0.15) is 11.1 Å². The van der Waals surface area contributed by atoms with Gasteiger partial charge in [-0.3, -0.25) is 0 Å². The molecule has 2 heterocycles. The number of ether oxygens (including phenoxy) is 1. The summed E-state index contributed by atoms with van der Waals surface area (Å²) in [5, 5.41) is 4.52. The number of alkyl halides is 3. The third-order valence-electron chi connectivity index (χ3n) is 4.13. The molecule has 2 amide bonds. The van der Waals surface area contributed by atoms with Gasteiger partial charge >= 0.3 is 12.2 Å². The van der Waals surface area contributed by atoms with E-state index in [4.69, 9.17) is 16.3 Å². The van der Waals surface area contributed by atoms with E-state index in [0.29, 0.717) is 13.2 Å². The van der Waals surface area contributed by atoms with Crippen LogP contribution in [0.5, 0.6) is 0 Å². The Hall–Kier alpha value is -2.52. The first-order valence-corrected chi connectivity index (χ1v) is 8.90. The second-order valence-corrected chi connectivity index (χ2v) is 6.53. The van der Waals surface area contributed by atoms with Gasteiger partial charge in [0.15, 0.2) is 0 Å². The van der Waals surface area contributed by atoms with Crippen LogP contribution in [0.15, 0.2) is 36.5 Å². The fourth-order valence-corrected chi connectivity index (χ4v) is 2.90. The van der Waals surface area contributed by atoms with Gasteiger partial charge in [0.05, 0.1) is 23.8 Å². The highest BCUT2D eigenvalue weighted by Gasteiger charge is 2.33. The number of benzene rings is 1. The van der Waals surface area contributed by atoms with Gasteiger partial charge < -0.3 is 20.3 Å². The molecule has 0 saturated carbocycles. The Kier molecular flexibility index (Phi) is 6.25. The van der Waals surface area contributed by atoms with Crippen molar-refractivity contribution in [3.8, 4) is 0 Å². The van der Waals surface area contributed by atoms with Gasteiger partial charge in [-0.2, -0.15) is 13.2 Å². The van der Waals surface area contributed by atoms with Crippen LogP contribution in [0, 0.1) is 0 Å². The molecule has 1 aromatic carbocycles. The second kappa shape index (κ2) is 8.66. The molecular formula is C18H18ClF3N4O2. The van der Waals surface area contributed by atoms with Crippen molar-refractivity contribution in [1.82, 2.24) is 10.3 Å². The van der Waals surface area contributed by atoms with E-state index in [-0.39, 0.29) is 12.2 Å². The minimum atomic E-state index is -4.60. The number of carbonyl (C=O) groups is 1. The highest BCUT2D eigenvalue weighted by molar-refractivity contribution is 6.31. The molecule has 28 heavy (non-hydrogen) atoms. The van der Waals surface area contributed by atoms with E-state index in [0.717, 1.165) is 36.6 Å². The maximum absolute atomic E-state index is 12.9. The van der Waals surface area contributed by atoms with E-state index in [1.807, 2.05) is 12.1 Å². The van der Waals surface area contributed by atoms with Crippen molar-refractivity contribution in [2.24, 2.45) is 0 Å². The molecule has 1 saturated heterocycles. The second-order valence-electron chi connectivity index (χ2n) is 6.12. The molecular weight excluding hydrogens is 397 g/mol. The Balaban J connectivity index is 1.54. The van der Waals surface area contributed by atoms with E-state index >= 15 is 0 Å². The van der Waals surface area contributed by atoms with Gasteiger partial charge in [-0.05, 0) is 29.8 Å². The van der Waals surface area contributed by atoms with Crippen molar-refractivity contribution in [3.05, 3.63) is 52.7 Å². The minimum Gasteiger partial charge on any atom is -0.378 e. The zero-order valence-corrected chi connectivity index (χ0v) is 15.5. The van der Waals surface area contributed by atoms with Crippen LogP contribution in [0.4, 0.5) is 29.5 Å². The van der Waals surface area contributed by atoms with Crippen molar-refractivity contribution >= 4 is 29.1 Å². The minimum absolute atomic E-state index is 0.00462. The number of pyridine rings is 1. The standard InChI is InChI=1S/C18H18ClF3N4O2/c19-15-3-2-13(9-14(15)18(20,21)22)25-17(27)24-11-12-1-4-16(23-10-12)26-5-7-28-8-6-26/h1-4,9-10H,5-8,11H2,(H2,24,25,27). The molecule has 2 N–H and O–H groups in total. The Morgan fingerprint density at radius 3 is 2.61 bits per heavy atom. The van der Waals surface area contributed by atoms with Crippen molar-refractivity contribution in [2.75, 3.05) is 36.5 Å². The first-order valence-electron chi connectivity index (χ1n) is 8.52. The number of hydrogen-bond acceptors (Lipinski definition) is 4. The van der Waals surface area contributed by atoms with E-state index in [9.17, 15) is 18.0 Å². The Bertz CT molecular complexity index is 825. The van der Waals surface area contributed by atoms with Gasteiger partial charge in [0.1, 0.15) is 5.82 Å². The van der Waals surface area contributed by atoms with E-state index in [1.54, 1.807) is 6.20 Å². The number of rotatable bonds is 4. The zero-order chi connectivity index (χ0) is 20.1. The van der Waals surface area contributed by atoms with Crippen LogP contribution in [0.2, 0.25) is 5.02 Å². The van der Waals surface area contributed by atoms with Gasteiger partial charge in [0.2, 0.25) is 0 Å². The lowest BCUT2D eigenvalue weighted by Crippen LogP contribution is -2.36. The average molecular weight is 415 g/mol. The van der Waals surface area contributed by atoms with Crippen LogP contribution in [-0.2, 0) is 17.5 Å². The molecule has 0 spiro atoms. The largest absolute Gasteiger partial charge is 0.417 e. The number of urea groups is 1. The Morgan fingerprint density at radius 1 is 1.21 bits per heavy atom. The summed E-state index contributed by atoms with van der Waals surface area (Å²) in [6.45, 7) is 3.04. The number of halogens is 4. The lowest BCUT2D eigenvalue weighted by atomic mass is 10.2. The first-order chi connectivity index (χ1) is 13.3. The van der Waals surface area contributed by atoms with Crippen LogP contribution in [0.3, 0.4) is 0 Å². The smallest absolute Gasteiger partial charge is 0.378 e. The molecule has 1 fully saturated rings. The Morgan fingerprint density at radius 2 is 1.96 bits per heavy atom. The molecule has 6 nitrogen and oxygen atoms in total. The molecule has 0 unspecified atom stereocenters. The monoisotopic (exact) mass is 414 g/mol. The molecule has 1 aromatic heterocycles. The van der Waals surface area contributed by atoms with Crippen molar-refractivity contribution in [1.29, 1.82) is 0 Å². The summed E-state index contributed by atoms with van der Waals surface area (Å²) in [4.78, 5) is 18.4. The fraction of sp³-hybridized carbons (Fsp3) is 0.333. The van der Waals surface area contributed by atoms with Gasteiger partial charge in [-0.15, -0.1) is 0 Å². The number of aromatic nitrogens is 1. The van der Waals surface area contributed by atoms with Gasteiger partial charge in [-0.1, -0.05) is 17.7 Å². The number of morpholine rings is 1. The summed E-state index contributed by atoms with van der Waals surface area (Å²) in [7, 11) is 0. The topological polar surface area (TPSA) is 66.5 Å². The van der Waals surface area contributed by atoms with E-state index < -0.39 is 22.8 Å². The Labute approximate surface area is 164 Å². The van der Waals surface area contributed by atoms with E-state index in [1.165, 1.54) is 6.07 Å². The third-order valence-corrected chi connectivity index (χ3v) is 4.46. The van der Waals surface area contributed by atoms with Crippen LogP contribution >= 0.6 is 11.6 Å². The SMILES string of the molecule is O=C(NCc1ccc(N2CCOCC2)nc1)Nc1ccc(Cl)c(C(F)(F)F)c1. The molecule has 0 aliphatic carbocycles. The highest BCUT2D eigenvalue weighted by atomic mass is 35.5. The molecule has 0 bridgehead atoms. The normalized spacial score (nSPS) is 14.6. The zero-order valence-electron chi connectivity index (χ0n) is 14.7. The van der Waals surface area contributed by atoms with Gasteiger partial charge in [0, 0.05) is 31.5 Å². The fourth-order valence-electron chi connectivity index (χ4n) is 2.68. The predicted octanol–water partition coefficient (Wildman–Crippen LogP) is 3.91. The molecule has 0 atom stereocenters. The lowest BCUT2D eigenvalue weighted by molar-refractivity contribution is -0.137.